The Labute approximate surface area is 173 Å². The van der Waals surface area contributed by atoms with Gasteiger partial charge in [0.15, 0.2) is 0 Å². The van der Waals surface area contributed by atoms with Crippen LogP contribution in [0.4, 0.5) is 10.1 Å². The number of nitrogens with zero attached hydrogens (tertiary/aromatic N) is 2. The standard InChI is InChI=1S/C23H21ClFN3O/c24-16-1-4-18(5-2-16)27-22(28-29)15-12-23(13-15)10-14(11-23)19-7-8-26-21-6-3-17(25)9-20(19)21/h1-9,14-15,29H,10-13H2,(H,27,28). The first kappa shape index (κ1) is 18.4. The molecule has 2 aromatic carbocycles. The molecule has 0 bridgehead atoms. The number of nitrogens with one attached hydrogen (secondary N) is 1. The number of halogens is 2. The number of hydrogen-bond donors (Lipinski definition) is 2. The third-order valence-corrected chi connectivity index (χ3v) is 6.76. The zero-order chi connectivity index (χ0) is 20.0. The van der Waals surface area contributed by atoms with E-state index in [2.05, 4.69) is 15.5 Å². The topological polar surface area (TPSA) is 57.5 Å². The third kappa shape index (κ3) is 3.33. The summed E-state index contributed by atoms with van der Waals surface area (Å²) in [4.78, 5) is 4.36. The van der Waals surface area contributed by atoms with Crippen LogP contribution in [-0.2, 0) is 0 Å². The molecule has 148 valence electrons. The van der Waals surface area contributed by atoms with E-state index in [-0.39, 0.29) is 11.7 Å². The molecule has 2 saturated carbocycles. The summed E-state index contributed by atoms with van der Waals surface area (Å²) in [6.45, 7) is 0. The molecule has 2 N–H and O–H groups in total. The highest BCUT2D eigenvalue weighted by atomic mass is 35.5. The highest BCUT2D eigenvalue weighted by molar-refractivity contribution is 6.30. The Morgan fingerprint density at radius 1 is 1.10 bits per heavy atom. The molecule has 2 fully saturated rings. The first-order chi connectivity index (χ1) is 14.0. The minimum atomic E-state index is -0.221. The van der Waals surface area contributed by atoms with Gasteiger partial charge in [-0.3, -0.25) is 4.98 Å². The number of rotatable bonds is 3. The third-order valence-electron chi connectivity index (χ3n) is 6.51. The van der Waals surface area contributed by atoms with Crippen LogP contribution in [0.25, 0.3) is 10.9 Å². The van der Waals surface area contributed by atoms with Gasteiger partial charge >= 0.3 is 0 Å². The van der Waals surface area contributed by atoms with E-state index in [9.17, 15) is 9.60 Å². The predicted octanol–water partition coefficient (Wildman–Crippen LogP) is 6.20. The minimum absolute atomic E-state index is 0.221. The Kier molecular flexibility index (Phi) is 4.43. The van der Waals surface area contributed by atoms with Crippen LogP contribution in [0.1, 0.15) is 37.2 Å². The van der Waals surface area contributed by atoms with Gasteiger partial charge < -0.3 is 10.5 Å². The summed E-state index contributed by atoms with van der Waals surface area (Å²) in [5, 5.41) is 17.8. The van der Waals surface area contributed by atoms with Gasteiger partial charge in [-0.25, -0.2) is 4.39 Å². The van der Waals surface area contributed by atoms with Gasteiger partial charge in [-0.2, -0.15) is 0 Å². The van der Waals surface area contributed by atoms with E-state index >= 15 is 0 Å². The van der Waals surface area contributed by atoms with E-state index in [4.69, 9.17) is 11.6 Å². The number of hydrogen-bond acceptors (Lipinski definition) is 3. The van der Waals surface area contributed by atoms with Crippen LogP contribution in [0.2, 0.25) is 5.02 Å². The van der Waals surface area contributed by atoms with Crippen molar-refractivity contribution < 1.29 is 9.60 Å². The van der Waals surface area contributed by atoms with Crippen LogP contribution in [0.3, 0.4) is 0 Å². The van der Waals surface area contributed by atoms with E-state index in [1.165, 1.54) is 11.6 Å². The molecule has 3 aromatic rings. The highest BCUT2D eigenvalue weighted by Crippen LogP contribution is 2.64. The average molecular weight is 410 g/mol. The van der Waals surface area contributed by atoms with Crippen molar-refractivity contribution in [2.24, 2.45) is 16.5 Å². The molecule has 6 heteroatoms. The Bertz CT molecular complexity index is 1080. The van der Waals surface area contributed by atoms with Crippen LogP contribution in [-0.4, -0.2) is 16.0 Å². The first-order valence-electron chi connectivity index (χ1n) is 9.84. The van der Waals surface area contributed by atoms with Crippen molar-refractivity contribution >= 4 is 34.0 Å². The minimum Gasteiger partial charge on any atom is -0.409 e. The maximum atomic E-state index is 13.7. The second-order valence-corrected chi connectivity index (χ2v) is 8.83. The molecule has 29 heavy (non-hydrogen) atoms. The van der Waals surface area contributed by atoms with Crippen LogP contribution in [0, 0.1) is 17.2 Å². The molecule has 0 atom stereocenters. The molecule has 5 rings (SSSR count). The monoisotopic (exact) mass is 409 g/mol. The number of fused-ring (bicyclic) bond motifs is 1. The summed E-state index contributed by atoms with van der Waals surface area (Å²) in [6.07, 6.45) is 5.98. The summed E-state index contributed by atoms with van der Waals surface area (Å²) in [5.74, 6) is 1.05. The molecule has 1 heterocycles. The molecule has 1 spiro atoms. The van der Waals surface area contributed by atoms with E-state index in [0.29, 0.717) is 22.2 Å². The van der Waals surface area contributed by atoms with Gasteiger partial charge in [-0.05, 0) is 91.1 Å². The van der Waals surface area contributed by atoms with E-state index in [1.54, 1.807) is 24.3 Å². The number of benzene rings is 2. The smallest absolute Gasteiger partial charge is 0.149 e. The molecule has 0 aliphatic heterocycles. The van der Waals surface area contributed by atoms with Gasteiger partial charge in [0.25, 0.3) is 0 Å². The van der Waals surface area contributed by atoms with Crippen LogP contribution < -0.4 is 5.32 Å². The fraction of sp³-hybridized carbons (Fsp3) is 0.304. The number of oxime groups is 1. The van der Waals surface area contributed by atoms with Crippen molar-refractivity contribution in [1.82, 2.24) is 4.98 Å². The largest absolute Gasteiger partial charge is 0.409 e. The highest BCUT2D eigenvalue weighted by Gasteiger charge is 2.54. The molecule has 0 saturated heterocycles. The lowest BCUT2D eigenvalue weighted by molar-refractivity contribution is -0.0166. The van der Waals surface area contributed by atoms with Gasteiger partial charge in [-0.15, -0.1) is 0 Å². The van der Waals surface area contributed by atoms with Crippen molar-refractivity contribution in [3.63, 3.8) is 0 Å². The maximum absolute atomic E-state index is 13.7. The van der Waals surface area contributed by atoms with Gasteiger partial charge in [-0.1, -0.05) is 16.8 Å². The van der Waals surface area contributed by atoms with Crippen LogP contribution in [0.5, 0.6) is 0 Å². The van der Waals surface area contributed by atoms with Crippen molar-refractivity contribution in [3.8, 4) is 0 Å². The lowest BCUT2D eigenvalue weighted by atomic mass is 9.47. The molecule has 0 unspecified atom stereocenters. The summed E-state index contributed by atoms with van der Waals surface area (Å²) in [6, 6.07) is 14.2. The fourth-order valence-electron chi connectivity index (χ4n) is 5.10. The number of aromatic nitrogens is 1. The first-order valence-corrected chi connectivity index (χ1v) is 10.2. The zero-order valence-electron chi connectivity index (χ0n) is 15.8. The molecule has 0 amide bonds. The average Bonchev–Trinajstić information content (AvgIpc) is 2.66. The molecular weight excluding hydrogens is 389 g/mol. The second kappa shape index (κ2) is 6.99. The van der Waals surface area contributed by atoms with Gasteiger partial charge in [0.1, 0.15) is 11.7 Å². The lowest BCUT2D eigenvalue weighted by Crippen LogP contribution is -2.50. The second-order valence-electron chi connectivity index (χ2n) is 8.39. The zero-order valence-corrected chi connectivity index (χ0v) is 16.5. The van der Waals surface area contributed by atoms with E-state index in [1.807, 2.05) is 24.4 Å². The van der Waals surface area contributed by atoms with Crippen molar-refractivity contribution in [2.45, 2.75) is 31.6 Å². The molecular formula is C23H21ClFN3O. The summed E-state index contributed by atoms with van der Waals surface area (Å²) < 4.78 is 13.7. The fourth-order valence-corrected chi connectivity index (χ4v) is 5.23. The summed E-state index contributed by atoms with van der Waals surface area (Å²) >= 11 is 5.92. The summed E-state index contributed by atoms with van der Waals surface area (Å²) in [5.41, 5.74) is 3.20. The number of anilines is 1. The summed E-state index contributed by atoms with van der Waals surface area (Å²) in [7, 11) is 0. The lowest BCUT2D eigenvalue weighted by Gasteiger charge is -2.58. The Morgan fingerprint density at radius 2 is 1.86 bits per heavy atom. The van der Waals surface area contributed by atoms with Crippen molar-refractivity contribution in [2.75, 3.05) is 5.32 Å². The Morgan fingerprint density at radius 3 is 2.59 bits per heavy atom. The number of pyridine rings is 1. The van der Waals surface area contributed by atoms with Crippen LogP contribution in [0.15, 0.2) is 59.9 Å². The van der Waals surface area contributed by atoms with Gasteiger partial charge in [0.05, 0.1) is 5.52 Å². The Hall–Kier alpha value is -2.66. The van der Waals surface area contributed by atoms with Gasteiger partial charge in [0, 0.05) is 28.2 Å². The molecule has 2 aliphatic carbocycles. The maximum Gasteiger partial charge on any atom is 0.149 e. The predicted molar refractivity (Wildman–Crippen MR) is 113 cm³/mol. The van der Waals surface area contributed by atoms with Crippen LogP contribution >= 0.6 is 11.6 Å². The molecule has 4 nitrogen and oxygen atoms in total. The van der Waals surface area contributed by atoms with Crippen molar-refractivity contribution in [3.05, 3.63) is 71.1 Å². The molecule has 1 aromatic heterocycles. The SMILES string of the molecule is O/N=C(/Nc1ccc(Cl)cc1)C1CC2(C1)CC(c1ccnc3ccc(F)cc13)C2. The van der Waals surface area contributed by atoms with E-state index in [0.717, 1.165) is 42.3 Å². The Balaban J connectivity index is 1.24. The quantitative estimate of drug-likeness (QED) is 0.234. The normalized spacial score (nSPS) is 26.2. The van der Waals surface area contributed by atoms with E-state index < -0.39 is 0 Å². The van der Waals surface area contributed by atoms with Gasteiger partial charge in [0.2, 0.25) is 0 Å². The van der Waals surface area contributed by atoms with Crippen molar-refractivity contribution in [1.29, 1.82) is 0 Å². The number of amidine groups is 1. The molecule has 2 aliphatic rings. The molecule has 0 radical (unpaired) electrons.